The van der Waals surface area contributed by atoms with Crippen LogP contribution in [-0.4, -0.2) is 40.3 Å². The summed E-state index contributed by atoms with van der Waals surface area (Å²) in [6.07, 6.45) is 1.92. The zero-order valence-electron chi connectivity index (χ0n) is 13.8. The second-order valence-corrected chi connectivity index (χ2v) is 7.36. The first-order valence-electron chi connectivity index (χ1n) is 7.39. The minimum Gasteiger partial charge on any atom is -0.383 e. The Morgan fingerprint density at radius 3 is 2.52 bits per heavy atom. The number of aliphatic hydroxyl groups is 1. The maximum atomic E-state index is 12.3. The molecule has 2 unspecified atom stereocenters. The van der Waals surface area contributed by atoms with Gasteiger partial charge in [0.2, 0.25) is 11.8 Å². The predicted octanol–water partition coefficient (Wildman–Crippen LogP) is 1.59. The number of anilines is 1. The molecule has 8 heteroatoms. The van der Waals surface area contributed by atoms with Crippen LogP contribution >= 0.6 is 11.3 Å². The Bertz CT molecular complexity index is 565. The summed E-state index contributed by atoms with van der Waals surface area (Å²) in [6, 6.07) is -0.770. The molecule has 2 amide bonds. The predicted molar refractivity (Wildman–Crippen MR) is 88.4 cm³/mol. The highest BCUT2D eigenvalue weighted by molar-refractivity contribution is 7.17. The molecule has 1 aromatic heterocycles. The van der Waals surface area contributed by atoms with E-state index in [1.165, 1.54) is 6.20 Å². The van der Waals surface area contributed by atoms with Gasteiger partial charge in [-0.15, -0.1) is 0 Å². The number of aliphatic hydroxyl groups excluding tert-OH is 1. The van der Waals surface area contributed by atoms with Gasteiger partial charge in [-0.3, -0.25) is 14.4 Å². The highest BCUT2D eigenvalue weighted by Gasteiger charge is 2.31. The fraction of sp³-hybridized carbons (Fsp3) is 0.600. The van der Waals surface area contributed by atoms with Gasteiger partial charge in [0.15, 0.2) is 11.4 Å². The number of carbonyl (C=O) groups is 3. The molecule has 7 nitrogen and oxygen atoms in total. The topological polar surface area (TPSA) is 108 Å². The van der Waals surface area contributed by atoms with Gasteiger partial charge >= 0.3 is 0 Å². The van der Waals surface area contributed by atoms with E-state index in [-0.39, 0.29) is 0 Å². The van der Waals surface area contributed by atoms with E-state index in [9.17, 15) is 19.5 Å². The van der Waals surface area contributed by atoms with Crippen molar-refractivity contribution in [1.29, 1.82) is 0 Å². The molecular formula is C15H23N3O4S. The first kappa shape index (κ1) is 19.2. The minimum absolute atomic E-state index is 0.295. The second kappa shape index (κ2) is 8.16. The zero-order valence-corrected chi connectivity index (χ0v) is 14.6. The summed E-state index contributed by atoms with van der Waals surface area (Å²) in [5.41, 5.74) is -0.620. The number of amides is 2. The van der Waals surface area contributed by atoms with Gasteiger partial charge in [-0.1, -0.05) is 45.5 Å². The van der Waals surface area contributed by atoms with E-state index in [2.05, 4.69) is 15.6 Å². The molecule has 0 saturated heterocycles. The Labute approximate surface area is 139 Å². The Hall–Kier alpha value is -1.80. The van der Waals surface area contributed by atoms with Gasteiger partial charge in [0.25, 0.3) is 0 Å². The van der Waals surface area contributed by atoms with Crippen molar-refractivity contribution < 1.29 is 19.5 Å². The van der Waals surface area contributed by atoms with E-state index >= 15 is 0 Å². The largest absolute Gasteiger partial charge is 0.383 e. The molecule has 128 valence electrons. The van der Waals surface area contributed by atoms with Gasteiger partial charge in [-0.05, 0) is 11.8 Å². The van der Waals surface area contributed by atoms with Crippen LogP contribution in [0.15, 0.2) is 6.20 Å². The van der Waals surface area contributed by atoms with E-state index in [1.807, 2.05) is 6.92 Å². The van der Waals surface area contributed by atoms with Crippen molar-refractivity contribution in [2.75, 3.05) is 5.32 Å². The van der Waals surface area contributed by atoms with Gasteiger partial charge in [0.1, 0.15) is 12.1 Å². The number of nitrogens with one attached hydrogen (secondary N) is 2. The molecule has 0 saturated carbocycles. The molecule has 1 heterocycles. The average molecular weight is 341 g/mol. The van der Waals surface area contributed by atoms with Crippen LogP contribution in [0.25, 0.3) is 0 Å². The fourth-order valence-corrected chi connectivity index (χ4v) is 2.43. The van der Waals surface area contributed by atoms with Gasteiger partial charge < -0.3 is 15.7 Å². The number of aromatic nitrogens is 1. The van der Waals surface area contributed by atoms with Crippen molar-refractivity contribution in [2.45, 2.75) is 52.7 Å². The molecule has 0 aliphatic heterocycles. The molecule has 1 rings (SSSR count). The van der Waals surface area contributed by atoms with E-state index in [1.54, 1.807) is 20.8 Å². The van der Waals surface area contributed by atoms with Crippen LogP contribution in [0.5, 0.6) is 0 Å². The van der Waals surface area contributed by atoms with E-state index in [4.69, 9.17) is 0 Å². The Kier molecular flexibility index (Phi) is 6.83. The lowest BCUT2D eigenvalue weighted by Crippen LogP contribution is -2.50. The fourth-order valence-electron chi connectivity index (χ4n) is 1.79. The lowest BCUT2D eigenvalue weighted by atomic mass is 9.88. The quantitative estimate of drug-likeness (QED) is 0.653. The Balaban J connectivity index is 2.74. The van der Waals surface area contributed by atoms with Crippen LogP contribution in [0, 0.1) is 5.41 Å². The van der Waals surface area contributed by atoms with Crippen LogP contribution in [0.3, 0.4) is 0 Å². The third-order valence-corrected chi connectivity index (χ3v) is 3.99. The molecule has 0 spiro atoms. The maximum Gasteiger partial charge on any atom is 0.250 e. The first-order valence-corrected chi connectivity index (χ1v) is 8.21. The normalized spacial score (nSPS) is 14.0. The molecule has 1 aromatic rings. The van der Waals surface area contributed by atoms with Crippen molar-refractivity contribution in [1.82, 2.24) is 10.3 Å². The van der Waals surface area contributed by atoms with Crippen molar-refractivity contribution in [3.8, 4) is 0 Å². The van der Waals surface area contributed by atoms with Gasteiger partial charge in [0, 0.05) is 0 Å². The lowest BCUT2D eigenvalue weighted by Gasteiger charge is -2.26. The summed E-state index contributed by atoms with van der Waals surface area (Å²) in [5.74, 6) is -1.01. The van der Waals surface area contributed by atoms with Gasteiger partial charge in [-0.25, -0.2) is 4.98 Å². The summed E-state index contributed by atoms with van der Waals surface area (Å²) < 4.78 is 0. The summed E-state index contributed by atoms with van der Waals surface area (Å²) >= 11 is 1.05. The summed E-state index contributed by atoms with van der Waals surface area (Å²) in [6.45, 7) is 7.11. The Morgan fingerprint density at radius 1 is 1.39 bits per heavy atom. The smallest absolute Gasteiger partial charge is 0.250 e. The molecule has 2 atom stereocenters. The second-order valence-electron chi connectivity index (χ2n) is 6.29. The average Bonchev–Trinajstić information content (AvgIpc) is 2.92. The number of thiazole rings is 1. The maximum absolute atomic E-state index is 12.3. The monoisotopic (exact) mass is 341 g/mol. The van der Waals surface area contributed by atoms with Crippen molar-refractivity contribution >= 4 is 34.6 Å². The molecule has 0 fully saturated rings. The number of rotatable bonds is 7. The minimum atomic E-state index is -1.21. The van der Waals surface area contributed by atoms with Crippen molar-refractivity contribution in [3.63, 3.8) is 0 Å². The first-order chi connectivity index (χ1) is 10.7. The zero-order chi connectivity index (χ0) is 17.6. The van der Waals surface area contributed by atoms with Crippen molar-refractivity contribution in [3.05, 3.63) is 11.1 Å². The summed E-state index contributed by atoms with van der Waals surface area (Å²) in [7, 11) is 0. The number of hydrogen-bond donors (Lipinski definition) is 3. The lowest BCUT2D eigenvalue weighted by molar-refractivity contribution is -0.137. The number of aldehydes is 1. The van der Waals surface area contributed by atoms with Crippen LogP contribution < -0.4 is 10.6 Å². The van der Waals surface area contributed by atoms with E-state index in [0.717, 1.165) is 11.3 Å². The molecule has 0 radical (unpaired) electrons. The molecule has 0 aliphatic rings. The molecule has 3 N–H and O–H groups in total. The van der Waals surface area contributed by atoms with E-state index < -0.39 is 29.4 Å². The van der Waals surface area contributed by atoms with Crippen LogP contribution in [0.2, 0.25) is 0 Å². The van der Waals surface area contributed by atoms with Crippen molar-refractivity contribution in [2.24, 2.45) is 5.41 Å². The Morgan fingerprint density at radius 2 is 2.04 bits per heavy atom. The van der Waals surface area contributed by atoms with Crippen LogP contribution in [0.4, 0.5) is 5.13 Å². The third kappa shape index (κ3) is 5.72. The summed E-state index contributed by atoms with van der Waals surface area (Å²) in [4.78, 5) is 39.3. The molecule has 0 aromatic carbocycles. The molecule has 0 bridgehead atoms. The SMILES string of the molecule is CCCC(NC(=O)C(O)C(C)(C)C)C(=O)Nc1ncc(C=O)s1. The number of hydrogen-bond acceptors (Lipinski definition) is 6. The van der Waals surface area contributed by atoms with Gasteiger partial charge in [-0.2, -0.15) is 0 Å². The highest BCUT2D eigenvalue weighted by Crippen LogP contribution is 2.20. The molecular weight excluding hydrogens is 318 g/mol. The molecule has 23 heavy (non-hydrogen) atoms. The standard InChI is InChI=1S/C15H23N3O4S/c1-5-6-10(17-13(22)11(20)15(2,3)4)12(21)18-14-16-7-9(8-19)23-14/h7-8,10-11,20H,5-6H2,1-4H3,(H,17,22)(H,16,18,21). The van der Waals surface area contributed by atoms with Crippen LogP contribution in [-0.2, 0) is 9.59 Å². The third-order valence-electron chi connectivity index (χ3n) is 3.15. The highest BCUT2D eigenvalue weighted by atomic mass is 32.1. The van der Waals surface area contributed by atoms with Crippen LogP contribution in [0.1, 0.15) is 50.2 Å². The number of carbonyl (C=O) groups excluding carboxylic acids is 3. The van der Waals surface area contributed by atoms with E-state index in [0.29, 0.717) is 29.1 Å². The summed E-state index contributed by atoms with van der Waals surface area (Å²) in [5, 5.41) is 15.4. The number of nitrogens with zero attached hydrogens (tertiary/aromatic N) is 1. The van der Waals surface area contributed by atoms with Gasteiger partial charge in [0.05, 0.1) is 11.1 Å². The molecule has 0 aliphatic carbocycles.